The Bertz CT molecular complexity index is 1060. The van der Waals surface area contributed by atoms with Crippen molar-refractivity contribution in [2.24, 2.45) is 0 Å². The summed E-state index contributed by atoms with van der Waals surface area (Å²) in [5.74, 6) is 0.464. The molecule has 25 heavy (non-hydrogen) atoms. The first kappa shape index (κ1) is 16.9. The van der Waals surface area contributed by atoms with Crippen molar-refractivity contribution in [3.63, 3.8) is 0 Å². The van der Waals surface area contributed by atoms with Gasteiger partial charge in [0.2, 0.25) is 0 Å². The van der Waals surface area contributed by atoms with Crippen LogP contribution < -0.4 is 5.10 Å². The molecule has 0 unspecified atom stereocenters. The van der Waals surface area contributed by atoms with E-state index < -0.39 is 0 Å². The molecule has 1 aromatic carbocycles. The number of benzene rings is 1. The van der Waals surface area contributed by atoms with Gasteiger partial charge >= 0.3 is 0 Å². The Morgan fingerprint density at radius 3 is 2.72 bits per heavy atom. The van der Waals surface area contributed by atoms with Crippen molar-refractivity contribution in [2.45, 2.75) is 0 Å². The van der Waals surface area contributed by atoms with Gasteiger partial charge in [0.15, 0.2) is 0 Å². The van der Waals surface area contributed by atoms with Crippen LogP contribution in [0.3, 0.4) is 0 Å². The molecule has 5 aromatic rings. The minimum absolute atomic E-state index is 0. The van der Waals surface area contributed by atoms with Crippen molar-refractivity contribution >= 4 is 16.4 Å². The number of nitrogens with zero attached hydrogens (tertiary/aromatic N) is 7. The van der Waals surface area contributed by atoms with Crippen molar-refractivity contribution in [1.82, 2.24) is 35.0 Å². The van der Waals surface area contributed by atoms with Crippen LogP contribution in [0.4, 0.5) is 0 Å². The molecule has 0 fully saturated rings. The minimum atomic E-state index is 0. The molecule has 0 saturated heterocycles. The van der Waals surface area contributed by atoms with Gasteiger partial charge in [-0.05, 0) is 18.3 Å². The summed E-state index contributed by atoms with van der Waals surface area (Å²) in [6.07, 6.45) is 7.43. The maximum atomic E-state index is 4.28. The zero-order chi connectivity index (χ0) is 16.2. The Kier molecular flexibility index (Phi) is 5.23. The summed E-state index contributed by atoms with van der Waals surface area (Å²) in [6, 6.07) is 16.7. The molecule has 4 aromatic heterocycles. The number of tetrazole rings is 1. The van der Waals surface area contributed by atoms with Gasteiger partial charge < -0.3 is 9.50 Å². The summed E-state index contributed by atoms with van der Waals surface area (Å²) in [5.41, 5.74) is 1.66. The summed E-state index contributed by atoms with van der Waals surface area (Å²) in [7, 11) is 0. The SMILES string of the molecule is [Ir].[c-]1cccc2ccn3ccnc3c12.c1ccc(-c2nnn[n-]2)nc1. The second kappa shape index (κ2) is 7.74. The van der Waals surface area contributed by atoms with E-state index in [2.05, 4.69) is 48.8 Å². The molecule has 0 aliphatic heterocycles. The summed E-state index contributed by atoms with van der Waals surface area (Å²) in [6.45, 7) is 0. The molecule has 0 saturated carbocycles. The third-order valence-electron chi connectivity index (χ3n) is 3.41. The maximum absolute atomic E-state index is 4.28. The number of imidazole rings is 1. The van der Waals surface area contributed by atoms with Crippen LogP contribution >= 0.6 is 0 Å². The fraction of sp³-hybridized carbons (Fsp3) is 0. The first-order valence-corrected chi connectivity index (χ1v) is 7.24. The van der Waals surface area contributed by atoms with Crippen LogP contribution in [0.2, 0.25) is 0 Å². The Morgan fingerprint density at radius 2 is 1.92 bits per heavy atom. The van der Waals surface area contributed by atoms with Crippen molar-refractivity contribution in [3.8, 4) is 11.5 Å². The van der Waals surface area contributed by atoms with E-state index in [4.69, 9.17) is 0 Å². The monoisotopic (exact) mass is 506 g/mol. The van der Waals surface area contributed by atoms with Gasteiger partial charge in [0, 0.05) is 38.7 Å². The van der Waals surface area contributed by atoms with E-state index in [1.54, 1.807) is 18.5 Å². The first-order chi connectivity index (χ1) is 11.9. The van der Waals surface area contributed by atoms with E-state index in [1.807, 2.05) is 41.1 Å². The van der Waals surface area contributed by atoms with Gasteiger partial charge in [-0.25, -0.2) is 0 Å². The van der Waals surface area contributed by atoms with Gasteiger partial charge in [-0.2, -0.15) is 5.21 Å². The Morgan fingerprint density at radius 1 is 0.960 bits per heavy atom. The molecule has 1 radical (unpaired) electrons. The Hall–Kier alpha value is -2.96. The normalized spacial score (nSPS) is 10.1. The third kappa shape index (κ3) is 3.60. The van der Waals surface area contributed by atoms with E-state index in [9.17, 15) is 0 Å². The molecule has 0 spiro atoms. The fourth-order valence-electron chi connectivity index (χ4n) is 2.31. The van der Waals surface area contributed by atoms with Gasteiger partial charge in [-0.1, -0.05) is 12.1 Å². The average Bonchev–Trinajstić information content (AvgIpc) is 3.35. The van der Waals surface area contributed by atoms with Crippen molar-refractivity contribution in [3.05, 3.63) is 73.3 Å². The van der Waals surface area contributed by atoms with Crippen molar-refractivity contribution < 1.29 is 20.1 Å². The quantitative estimate of drug-likeness (QED) is 0.325. The van der Waals surface area contributed by atoms with E-state index in [1.165, 1.54) is 5.39 Å². The summed E-state index contributed by atoms with van der Waals surface area (Å²) >= 11 is 0. The van der Waals surface area contributed by atoms with Crippen LogP contribution in [0.5, 0.6) is 0 Å². The predicted octanol–water partition coefficient (Wildman–Crippen LogP) is 2.18. The van der Waals surface area contributed by atoms with Crippen LogP contribution in [0.15, 0.2) is 67.3 Å². The molecule has 8 heteroatoms. The molecule has 7 nitrogen and oxygen atoms in total. The van der Waals surface area contributed by atoms with Crippen LogP contribution in [0.1, 0.15) is 0 Å². The van der Waals surface area contributed by atoms with Crippen molar-refractivity contribution in [2.75, 3.05) is 0 Å². The van der Waals surface area contributed by atoms with E-state index in [-0.39, 0.29) is 20.1 Å². The summed E-state index contributed by atoms with van der Waals surface area (Å²) in [5, 5.41) is 16.3. The molecule has 4 heterocycles. The van der Waals surface area contributed by atoms with Crippen LogP contribution in [-0.2, 0) is 20.1 Å². The van der Waals surface area contributed by atoms with Crippen LogP contribution in [0, 0.1) is 6.07 Å². The number of hydrogen-bond acceptors (Lipinski definition) is 5. The van der Waals surface area contributed by atoms with Gasteiger partial charge in [0.05, 0.1) is 17.2 Å². The summed E-state index contributed by atoms with van der Waals surface area (Å²) in [4.78, 5) is 8.29. The smallest absolute Gasteiger partial charge is 0.0772 e. The molecule has 0 aliphatic carbocycles. The second-order valence-corrected chi connectivity index (χ2v) is 4.89. The largest absolute Gasteiger partial charge is 0.347 e. The third-order valence-corrected chi connectivity index (χ3v) is 3.41. The number of pyridine rings is 2. The number of rotatable bonds is 1. The molecular formula is C17H11IrN7-2. The standard InChI is InChI=1S/C11H7N2.C6H4N5.Ir/c1-2-4-10-9(3-1)5-7-13-8-6-12-11(10)13;1-2-4-7-5(3-1)6-8-10-11-9-6;/h1-3,5-8H;1-4H;/q2*-1;. The van der Waals surface area contributed by atoms with Crippen molar-refractivity contribution in [1.29, 1.82) is 0 Å². The van der Waals surface area contributed by atoms with E-state index in [0.717, 1.165) is 11.0 Å². The summed E-state index contributed by atoms with van der Waals surface area (Å²) < 4.78 is 2.00. The number of hydrogen-bond donors (Lipinski definition) is 0. The molecular weight excluding hydrogens is 494 g/mol. The maximum Gasteiger partial charge on any atom is 0.0772 e. The fourth-order valence-corrected chi connectivity index (χ4v) is 2.31. The number of fused-ring (bicyclic) bond motifs is 3. The Balaban J connectivity index is 0.000000142. The average molecular weight is 506 g/mol. The van der Waals surface area contributed by atoms with Crippen LogP contribution in [0.25, 0.3) is 27.9 Å². The topological polar surface area (TPSA) is 83.0 Å². The van der Waals surface area contributed by atoms with E-state index in [0.29, 0.717) is 11.5 Å². The van der Waals surface area contributed by atoms with Crippen LogP contribution in [-0.4, -0.2) is 29.9 Å². The Labute approximate surface area is 156 Å². The molecule has 5 rings (SSSR count). The van der Waals surface area contributed by atoms with Gasteiger partial charge in [-0.3, -0.25) is 20.3 Å². The molecule has 0 bridgehead atoms. The molecule has 0 aliphatic rings. The molecule has 0 atom stereocenters. The minimum Gasteiger partial charge on any atom is -0.347 e. The molecule has 125 valence electrons. The molecule has 0 N–H and O–H groups in total. The number of aromatic nitrogens is 7. The zero-order valence-electron chi connectivity index (χ0n) is 12.8. The molecule has 0 amide bonds. The first-order valence-electron chi connectivity index (χ1n) is 7.24. The zero-order valence-corrected chi connectivity index (χ0v) is 15.2. The second-order valence-electron chi connectivity index (χ2n) is 4.89. The predicted molar refractivity (Wildman–Crippen MR) is 87.9 cm³/mol. The van der Waals surface area contributed by atoms with Gasteiger partial charge in [-0.15, -0.1) is 35.0 Å². The van der Waals surface area contributed by atoms with E-state index >= 15 is 0 Å². The van der Waals surface area contributed by atoms with Gasteiger partial charge in [0.1, 0.15) is 0 Å². The van der Waals surface area contributed by atoms with Gasteiger partial charge in [0.25, 0.3) is 0 Å².